The lowest BCUT2D eigenvalue weighted by Gasteiger charge is -2.16. The standard InChI is InChI=1S/C14H22N2O/c1-16(2)10-13(15)5-3-11-4-6-14-12(9-11)7-8-17-14/h4,6,9,13H,3,5,7-8,10,15H2,1-2H3. The highest BCUT2D eigenvalue weighted by Gasteiger charge is 2.12. The normalized spacial score (nSPS) is 15.8. The van der Waals surface area contributed by atoms with Crippen molar-refractivity contribution in [1.82, 2.24) is 4.90 Å². The van der Waals surface area contributed by atoms with Crippen LogP contribution in [0.5, 0.6) is 5.75 Å². The van der Waals surface area contributed by atoms with Gasteiger partial charge in [0.15, 0.2) is 0 Å². The van der Waals surface area contributed by atoms with Gasteiger partial charge in [0, 0.05) is 19.0 Å². The van der Waals surface area contributed by atoms with Crippen LogP contribution in [-0.4, -0.2) is 38.2 Å². The van der Waals surface area contributed by atoms with Crippen molar-refractivity contribution in [1.29, 1.82) is 0 Å². The average Bonchev–Trinajstić information content (AvgIpc) is 2.72. The number of likely N-dealkylation sites (N-methyl/N-ethyl adjacent to an activating group) is 1. The summed E-state index contributed by atoms with van der Waals surface area (Å²) in [6, 6.07) is 6.78. The summed E-state index contributed by atoms with van der Waals surface area (Å²) in [5.74, 6) is 1.06. The van der Waals surface area contributed by atoms with Gasteiger partial charge in [-0.1, -0.05) is 12.1 Å². The van der Waals surface area contributed by atoms with Crippen LogP contribution in [0.3, 0.4) is 0 Å². The van der Waals surface area contributed by atoms with E-state index >= 15 is 0 Å². The maximum Gasteiger partial charge on any atom is 0.122 e. The van der Waals surface area contributed by atoms with Gasteiger partial charge in [-0.15, -0.1) is 0 Å². The first-order valence-corrected chi connectivity index (χ1v) is 6.30. The third kappa shape index (κ3) is 3.45. The van der Waals surface area contributed by atoms with Crippen LogP contribution in [-0.2, 0) is 12.8 Å². The molecule has 1 aromatic rings. The number of nitrogens with two attached hydrogens (primary N) is 1. The first-order chi connectivity index (χ1) is 8.15. The number of fused-ring (bicyclic) bond motifs is 1. The number of aryl methyl sites for hydroxylation is 1. The lowest BCUT2D eigenvalue weighted by atomic mass is 10.0. The topological polar surface area (TPSA) is 38.5 Å². The van der Waals surface area contributed by atoms with E-state index in [0.717, 1.165) is 38.2 Å². The smallest absolute Gasteiger partial charge is 0.122 e. The maximum absolute atomic E-state index is 6.07. The Bertz CT molecular complexity index is 376. The van der Waals surface area contributed by atoms with Crippen molar-refractivity contribution < 1.29 is 4.74 Å². The van der Waals surface area contributed by atoms with Crippen LogP contribution in [0.2, 0.25) is 0 Å². The van der Waals surface area contributed by atoms with E-state index in [4.69, 9.17) is 10.5 Å². The summed E-state index contributed by atoms with van der Waals surface area (Å²) in [5, 5.41) is 0. The Hall–Kier alpha value is -1.06. The zero-order valence-electron chi connectivity index (χ0n) is 10.8. The molecule has 1 aliphatic rings. The van der Waals surface area contributed by atoms with Gasteiger partial charge in [0.2, 0.25) is 0 Å². The van der Waals surface area contributed by atoms with Crippen molar-refractivity contribution >= 4 is 0 Å². The molecule has 2 rings (SSSR count). The summed E-state index contributed by atoms with van der Waals surface area (Å²) in [6.07, 6.45) is 3.15. The highest BCUT2D eigenvalue weighted by atomic mass is 16.5. The second-order valence-corrected chi connectivity index (χ2v) is 5.10. The number of hydrogen-bond donors (Lipinski definition) is 1. The second-order valence-electron chi connectivity index (χ2n) is 5.10. The molecule has 2 N–H and O–H groups in total. The monoisotopic (exact) mass is 234 g/mol. The van der Waals surface area contributed by atoms with Gasteiger partial charge in [-0.3, -0.25) is 0 Å². The molecule has 0 radical (unpaired) electrons. The molecule has 3 heteroatoms. The van der Waals surface area contributed by atoms with Crippen molar-refractivity contribution in [2.24, 2.45) is 5.73 Å². The van der Waals surface area contributed by atoms with Crippen LogP contribution in [0.1, 0.15) is 17.5 Å². The highest BCUT2D eigenvalue weighted by Crippen LogP contribution is 2.26. The summed E-state index contributed by atoms with van der Waals surface area (Å²) in [7, 11) is 4.12. The summed E-state index contributed by atoms with van der Waals surface area (Å²) >= 11 is 0. The Kier molecular flexibility index (Phi) is 4.02. The molecule has 0 spiro atoms. The van der Waals surface area contributed by atoms with Crippen molar-refractivity contribution in [3.05, 3.63) is 29.3 Å². The van der Waals surface area contributed by atoms with Crippen LogP contribution in [0.15, 0.2) is 18.2 Å². The second kappa shape index (κ2) is 5.52. The quantitative estimate of drug-likeness (QED) is 0.838. The zero-order valence-corrected chi connectivity index (χ0v) is 10.8. The largest absolute Gasteiger partial charge is 0.493 e. The molecule has 1 aliphatic heterocycles. The number of ether oxygens (including phenoxy) is 1. The molecular weight excluding hydrogens is 212 g/mol. The van der Waals surface area contributed by atoms with E-state index in [1.807, 2.05) is 0 Å². The maximum atomic E-state index is 6.07. The molecule has 1 atom stereocenters. The van der Waals surface area contributed by atoms with Gasteiger partial charge in [-0.2, -0.15) is 0 Å². The third-order valence-electron chi connectivity index (χ3n) is 3.16. The molecule has 1 unspecified atom stereocenters. The summed E-state index contributed by atoms with van der Waals surface area (Å²) < 4.78 is 5.50. The van der Waals surface area contributed by atoms with Gasteiger partial charge >= 0.3 is 0 Å². The SMILES string of the molecule is CN(C)CC(N)CCc1ccc2c(c1)CCO2. The Morgan fingerprint density at radius 3 is 3.00 bits per heavy atom. The van der Waals surface area contributed by atoms with Crippen LogP contribution in [0.4, 0.5) is 0 Å². The Balaban J connectivity index is 1.87. The van der Waals surface area contributed by atoms with E-state index < -0.39 is 0 Å². The van der Waals surface area contributed by atoms with E-state index in [1.54, 1.807) is 0 Å². The molecule has 0 saturated heterocycles. The third-order valence-corrected chi connectivity index (χ3v) is 3.16. The van der Waals surface area contributed by atoms with Gasteiger partial charge < -0.3 is 15.4 Å². The predicted molar refractivity (Wildman–Crippen MR) is 70.5 cm³/mol. The Labute approximate surface area is 104 Å². The molecule has 0 aromatic heterocycles. The number of rotatable bonds is 5. The van der Waals surface area contributed by atoms with Gasteiger partial charge in [-0.25, -0.2) is 0 Å². The molecule has 0 amide bonds. The van der Waals surface area contributed by atoms with Crippen molar-refractivity contribution in [2.45, 2.75) is 25.3 Å². The van der Waals surface area contributed by atoms with E-state index in [2.05, 4.69) is 37.2 Å². The van der Waals surface area contributed by atoms with Crippen LogP contribution < -0.4 is 10.5 Å². The Morgan fingerprint density at radius 1 is 1.41 bits per heavy atom. The molecule has 0 aliphatic carbocycles. The first-order valence-electron chi connectivity index (χ1n) is 6.30. The number of hydrogen-bond acceptors (Lipinski definition) is 3. The fourth-order valence-corrected chi connectivity index (χ4v) is 2.31. The molecule has 0 fully saturated rings. The van der Waals surface area contributed by atoms with Crippen molar-refractivity contribution in [2.75, 3.05) is 27.2 Å². The first kappa shape index (κ1) is 12.4. The van der Waals surface area contributed by atoms with Gasteiger partial charge in [0.25, 0.3) is 0 Å². The zero-order chi connectivity index (χ0) is 12.3. The van der Waals surface area contributed by atoms with E-state index in [0.29, 0.717) is 0 Å². The number of benzene rings is 1. The lowest BCUT2D eigenvalue weighted by Crippen LogP contribution is -2.33. The minimum absolute atomic E-state index is 0.259. The summed E-state index contributed by atoms with van der Waals surface area (Å²) in [6.45, 7) is 1.78. The fraction of sp³-hybridized carbons (Fsp3) is 0.571. The molecule has 94 valence electrons. The van der Waals surface area contributed by atoms with E-state index in [-0.39, 0.29) is 6.04 Å². The van der Waals surface area contributed by atoms with Gasteiger partial charge in [0.1, 0.15) is 5.75 Å². The van der Waals surface area contributed by atoms with E-state index in [9.17, 15) is 0 Å². The lowest BCUT2D eigenvalue weighted by molar-refractivity contribution is 0.356. The number of nitrogens with zero attached hydrogens (tertiary/aromatic N) is 1. The fourth-order valence-electron chi connectivity index (χ4n) is 2.31. The van der Waals surface area contributed by atoms with Gasteiger partial charge in [0.05, 0.1) is 6.61 Å². The van der Waals surface area contributed by atoms with Crippen molar-refractivity contribution in [3.63, 3.8) is 0 Å². The van der Waals surface area contributed by atoms with Crippen molar-refractivity contribution in [3.8, 4) is 5.75 Å². The van der Waals surface area contributed by atoms with Crippen LogP contribution in [0, 0.1) is 0 Å². The van der Waals surface area contributed by atoms with Crippen LogP contribution >= 0.6 is 0 Å². The minimum atomic E-state index is 0.259. The average molecular weight is 234 g/mol. The molecule has 17 heavy (non-hydrogen) atoms. The summed E-state index contributed by atoms with van der Waals surface area (Å²) in [4.78, 5) is 2.14. The predicted octanol–water partition coefficient (Wildman–Crippen LogP) is 1.44. The van der Waals surface area contributed by atoms with Gasteiger partial charge in [-0.05, 0) is 44.1 Å². The molecule has 0 saturated carbocycles. The molecule has 1 heterocycles. The molecule has 1 aromatic carbocycles. The minimum Gasteiger partial charge on any atom is -0.493 e. The molecule has 3 nitrogen and oxygen atoms in total. The van der Waals surface area contributed by atoms with Crippen LogP contribution in [0.25, 0.3) is 0 Å². The molecule has 0 bridgehead atoms. The summed E-state index contributed by atoms with van der Waals surface area (Å²) in [5.41, 5.74) is 8.80. The molecular formula is C14H22N2O. The Morgan fingerprint density at radius 2 is 2.24 bits per heavy atom. The highest BCUT2D eigenvalue weighted by molar-refractivity contribution is 5.39. The van der Waals surface area contributed by atoms with E-state index in [1.165, 1.54) is 11.1 Å².